The second-order valence-electron chi connectivity index (χ2n) is 7.32. The first-order valence-corrected chi connectivity index (χ1v) is 10.5. The second-order valence-corrected chi connectivity index (χ2v) is 8.49. The third kappa shape index (κ3) is 6.85. The highest BCUT2D eigenvalue weighted by Gasteiger charge is 2.17. The predicted molar refractivity (Wildman–Crippen MR) is 108 cm³/mol. The summed E-state index contributed by atoms with van der Waals surface area (Å²) in [5, 5.41) is 14.5. The molecule has 1 unspecified atom stereocenters. The molecule has 0 saturated carbocycles. The van der Waals surface area contributed by atoms with Crippen LogP contribution in [0.2, 0.25) is 0 Å². The molecule has 0 saturated heterocycles. The molecule has 1 aliphatic rings. The molecule has 2 N–H and O–H groups in total. The monoisotopic (exact) mass is 382 g/mol. The predicted octanol–water partition coefficient (Wildman–Crippen LogP) is 2.45. The van der Waals surface area contributed by atoms with E-state index in [-0.39, 0.29) is 0 Å². The second kappa shape index (κ2) is 10.8. The van der Waals surface area contributed by atoms with Crippen LogP contribution in [0.4, 0.5) is 0 Å². The van der Waals surface area contributed by atoms with Crippen LogP contribution in [0.1, 0.15) is 49.2 Å². The maximum absolute atomic E-state index is 10.1. The number of fused-ring (bicyclic) bond motifs is 1. The van der Waals surface area contributed by atoms with E-state index in [4.69, 9.17) is 9.72 Å². The Hall–Kier alpha value is -1.18. The van der Waals surface area contributed by atoms with E-state index in [0.717, 1.165) is 30.5 Å². The number of hydrogen-bond acceptors (Lipinski definition) is 5. The lowest BCUT2D eigenvalue weighted by molar-refractivity contribution is 0.0300. The Balaban J connectivity index is 1.89. The molecular weight excluding hydrogens is 348 g/mol. The number of nitrogens with zero attached hydrogens (tertiary/aromatic N) is 3. The number of aromatic nitrogens is 1. The number of guanidine groups is 1. The van der Waals surface area contributed by atoms with Crippen molar-refractivity contribution in [2.45, 2.75) is 59.1 Å². The van der Waals surface area contributed by atoms with Gasteiger partial charge in [-0.05, 0) is 38.5 Å². The first kappa shape index (κ1) is 21.1. The van der Waals surface area contributed by atoms with Crippen LogP contribution < -0.4 is 5.32 Å². The van der Waals surface area contributed by atoms with Crippen LogP contribution in [0.5, 0.6) is 0 Å². The molecular formula is C19H34N4O2S. The Morgan fingerprint density at radius 1 is 1.35 bits per heavy atom. The molecule has 0 spiro atoms. The van der Waals surface area contributed by atoms with E-state index in [2.05, 4.69) is 29.1 Å². The molecule has 148 valence electrons. The van der Waals surface area contributed by atoms with Gasteiger partial charge in [-0.15, -0.1) is 11.3 Å². The van der Waals surface area contributed by atoms with E-state index in [0.29, 0.717) is 25.7 Å². The summed E-state index contributed by atoms with van der Waals surface area (Å²) in [6.07, 6.45) is 4.25. The SMILES string of the molecule is CCNC(=NCC(O)COCC(C)C)N(C)Cc1nc2c(s1)CCCC2. The maximum atomic E-state index is 10.1. The highest BCUT2D eigenvalue weighted by molar-refractivity contribution is 7.11. The fraction of sp³-hybridized carbons (Fsp3) is 0.789. The molecule has 1 aliphatic carbocycles. The number of aliphatic hydroxyl groups excluding tert-OH is 1. The van der Waals surface area contributed by atoms with Crippen molar-refractivity contribution in [1.82, 2.24) is 15.2 Å². The summed E-state index contributed by atoms with van der Waals surface area (Å²) in [5.41, 5.74) is 1.30. The molecule has 6 nitrogen and oxygen atoms in total. The van der Waals surface area contributed by atoms with Gasteiger partial charge in [0.15, 0.2) is 5.96 Å². The Morgan fingerprint density at radius 2 is 2.12 bits per heavy atom. The maximum Gasteiger partial charge on any atom is 0.194 e. The zero-order valence-corrected chi connectivity index (χ0v) is 17.4. The lowest BCUT2D eigenvalue weighted by Crippen LogP contribution is -2.39. The number of aryl methyl sites for hydroxylation is 2. The molecule has 0 radical (unpaired) electrons. The third-order valence-electron chi connectivity index (χ3n) is 4.17. The minimum absolute atomic E-state index is 0.323. The Labute approximate surface area is 161 Å². The van der Waals surface area contributed by atoms with Crippen molar-refractivity contribution in [3.63, 3.8) is 0 Å². The number of thiazole rings is 1. The van der Waals surface area contributed by atoms with E-state index >= 15 is 0 Å². The van der Waals surface area contributed by atoms with Crippen LogP contribution in [0.25, 0.3) is 0 Å². The summed E-state index contributed by atoms with van der Waals surface area (Å²) in [5.74, 6) is 1.27. The fourth-order valence-corrected chi connectivity index (χ4v) is 4.12. The first-order chi connectivity index (χ1) is 12.5. The number of aliphatic hydroxyl groups is 1. The van der Waals surface area contributed by atoms with Gasteiger partial charge in [-0.2, -0.15) is 0 Å². The van der Waals surface area contributed by atoms with Gasteiger partial charge in [-0.25, -0.2) is 4.98 Å². The van der Waals surface area contributed by atoms with Crippen LogP contribution in [0.15, 0.2) is 4.99 Å². The smallest absolute Gasteiger partial charge is 0.194 e. The van der Waals surface area contributed by atoms with Gasteiger partial charge in [0.1, 0.15) is 5.01 Å². The van der Waals surface area contributed by atoms with Crippen molar-refractivity contribution in [2.75, 3.05) is 33.4 Å². The molecule has 0 aliphatic heterocycles. The Kier molecular flexibility index (Phi) is 8.81. The van der Waals surface area contributed by atoms with Crippen LogP contribution in [0, 0.1) is 5.92 Å². The fourth-order valence-electron chi connectivity index (χ4n) is 2.90. The molecule has 0 fully saturated rings. The van der Waals surface area contributed by atoms with Gasteiger partial charge in [0.05, 0.1) is 31.5 Å². The molecule has 0 bridgehead atoms. The lowest BCUT2D eigenvalue weighted by Gasteiger charge is -2.21. The first-order valence-electron chi connectivity index (χ1n) is 9.72. The zero-order valence-electron chi connectivity index (χ0n) is 16.6. The molecule has 26 heavy (non-hydrogen) atoms. The average Bonchev–Trinajstić information content (AvgIpc) is 3.00. The normalized spacial score (nSPS) is 15.8. The number of rotatable bonds is 9. The summed E-state index contributed by atoms with van der Waals surface area (Å²) in [4.78, 5) is 12.9. The van der Waals surface area contributed by atoms with Crippen molar-refractivity contribution in [2.24, 2.45) is 10.9 Å². The van der Waals surface area contributed by atoms with Crippen LogP contribution >= 0.6 is 11.3 Å². The van der Waals surface area contributed by atoms with Gasteiger partial charge in [0.25, 0.3) is 0 Å². The van der Waals surface area contributed by atoms with Crippen molar-refractivity contribution >= 4 is 17.3 Å². The van der Waals surface area contributed by atoms with Gasteiger partial charge in [-0.1, -0.05) is 13.8 Å². The summed E-state index contributed by atoms with van der Waals surface area (Å²) < 4.78 is 5.49. The van der Waals surface area contributed by atoms with Crippen LogP contribution in [0.3, 0.4) is 0 Å². The standard InChI is InChI=1S/C19H34N4O2S/c1-5-20-19(21-10-15(24)13-25-12-14(2)3)23(4)11-18-22-16-8-6-7-9-17(16)26-18/h14-15,24H,5-13H2,1-4H3,(H,20,21). The minimum atomic E-state index is -0.581. The molecule has 1 atom stereocenters. The molecule has 0 amide bonds. The van der Waals surface area contributed by atoms with Crippen molar-refractivity contribution in [3.05, 3.63) is 15.6 Å². The topological polar surface area (TPSA) is 70.0 Å². The molecule has 0 aromatic carbocycles. The minimum Gasteiger partial charge on any atom is -0.389 e. The van der Waals surface area contributed by atoms with Gasteiger partial charge in [-0.3, -0.25) is 4.99 Å². The van der Waals surface area contributed by atoms with E-state index in [1.165, 1.54) is 29.8 Å². The molecule has 1 heterocycles. The Morgan fingerprint density at radius 3 is 2.81 bits per heavy atom. The van der Waals surface area contributed by atoms with E-state index in [1.54, 1.807) is 0 Å². The van der Waals surface area contributed by atoms with Crippen molar-refractivity contribution < 1.29 is 9.84 Å². The van der Waals surface area contributed by atoms with E-state index in [1.807, 2.05) is 25.3 Å². The van der Waals surface area contributed by atoms with Crippen LogP contribution in [-0.2, 0) is 24.1 Å². The average molecular weight is 383 g/mol. The summed E-state index contributed by atoms with van der Waals surface area (Å²) >= 11 is 1.83. The molecule has 2 rings (SSSR count). The van der Waals surface area contributed by atoms with Gasteiger partial charge < -0.3 is 20.1 Å². The molecule has 1 aromatic rings. The lowest BCUT2D eigenvalue weighted by atomic mass is 10.0. The van der Waals surface area contributed by atoms with Gasteiger partial charge in [0.2, 0.25) is 0 Å². The molecule has 7 heteroatoms. The number of ether oxygens (including phenoxy) is 1. The van der Waals surface area contributed by atoms with E-state index < -0.39 is 6.10 Å². The molecule has 1 aromatic heterocycles. The van der Waals surface area contributed by atoms with E-state index in [9.17, 15) is 5.11 Å². The number of aliphatic imine (C=N–C) groups is 1. The third-order valence-corrected chi connectivity index (χ3v) is 5.31. The summed E-state index contributed by atoms with van der Waals surface area (Å²) in [7, 11) is 2.02. The van der Waals surface area contributed by atoms with Gasteiger partial charge >= 0.3 is 0 Å². The highest BCUT2D eigenvalue weighted by Crippen LogP contribution is 2.27. The highest BCUT2D eigenvalue weighted by atomic mass is 32.1. The van der Waals surface area contributed by atoms with Crippen molar-refractivity contribution in [1.29, 1.82) is 0 Å². The number of nitrogens with one attached hydrogen (secondary N) is 1. The zero-order chi connectivity index (χ0) is 18.9. The summed E-state index contributed by atoms with van der Waals surface area (Å²) in [6.45, 7) is 9.09. The van der Waals surface area contributed by atoms with Gasteiger partial charge in [0, 0.05) is 25.1 Å². The number of hydrogen-bond donors (Lipinski definition) is 2. The largest absolute Gasteiger partial charge is 0.389 e. The van der Waals surface area contributed by atoms with Crippen molar-refractivity contribution in [3.8, 4) is 0 Å². The Bertz CT molecular complexity index is 550. The summed E-state index contributed by atoms with van der Waals surface area (Å²) in [6, 6.07) is 0. The quantitative estimate of drug-likeness (QED) is 0.507. The van der Waals surface area contributed by atoms with Crippen LogP contribution in [-0.4, -0.2) is 60.4 Å².